The zero-order valence-electron chi connectivity index (χ0n) is 12.6. The summed E-state index contributed by atoms with van der Waals surface area (Å²) < 4.78 is 0. The van der Waals surface area contributed by atoms with Gasteiger partial charge in [0.1, 0.15) is 0 Å². The summed E-state index contributed by atoms with van der Waals surface area (Å²) in [5, 5.41) is 22.5. The number of nitro benzene ring substituents is 1. The highest BCUT2D eigenvalue weighted by Crippen LogP contribution is 2.26. The van der Waals surface area contributed by atoms with E-state index in [1.165, 1.54) is 12.1 Å². The van der Waals surface area contributed by atoms with E-state index in [2.05, 4.69) is 10.2 Å². The van der Waals surface area contributed by atoms with E-state index in [9.17, 15) is 14.9 Å². The van der Waals surface area contributed by atoms with Crippen molar-refractivity contribution in [3.63, 3.8) is 0 Å². The van der Waals surface area contributed by atoms with Gasteiger partial charge >= 0.3 is 0 Å². The van der Waals surface area contributed by atoms with Gasteiger partial charge in [-0.3, -0.25) is 19.8 Å². The van der Waals surface area contributed by atoms with Crippen LogP contribution in [-0.4, -0.2) is 46.6 Å². The second kappa shape index (κ2) is 7.33. The summed E-state index contributed by atoms with van der Waals surface area (Å²) >= 11 is 0. The number of aliphatic hydroxyl groups is 1. The molecule has 1 aliphatic carbocycles. The van der Waals surface area contributed by atoms with E-state index >= 15 is 0 Å². The molecule has 0 spiro atoms. The first-order valence-corrected chi connectivity index (χ1v) is 7.41. The maximum Gasteiger partial charge on any atom is 0.269 e. The van der Waals surface area contributed by atoms with Crippen molar-refractivity contribution in [2.75, 3.05) is 25.0 Å². The van der Waals surface area contributed by atoms with E-state index in [1.807, 2.05) is 0 Å². The molecule has 1 aliphatic rings. The highest BCUT2D eigenvalue weighted by atomic mass is 16.6. The fraction of sp³-hybridized carbons (Fsp3) is 0.533. The van der Waals surface area contributed by atoms with Crippen molar-refractivity contribution in [1.29, 1.82) is 0 Å². The molecule has 1 amide bonds. The van der Waals surface area contributed by atoms with Crippen LogP contribution in [0.4, 0.5) is 11.4 Å². The Bertz CT molecular complexity index is 558. The minimum atomic E-state index is -0.457. The highest BCUT2D eigenvalue weighted by molar-refractivity contribution is 5.91. The average Bonchev–Trinajstić information content (AvgIpc) is 3.30. The molecule has 22 heavy (non-hydrogen) atoms. The van der Waals surface area contributed by atoms with Gasteiger partial charge in [0.25, 0.3) is 5.69 Å². The summed E-state index contributed by atoms with van der Waals surface area (Å²) in [5.41, 5.74) is 1.27. The molecule has 1 aromatic carbocycles. The van der Waals surface area contributed by atoms with Crippen LogP contribution >= 0.6 is 0 Å². The summed E-state index contributed by atoms with van der Waals surface area (Å²) in [6.07, 6.45) is 2.60. The molecule has 0 unspecified atom stereocenters. The van der Waals surface area contributed by atoms with Crippen molar-refractivity contribution < 1.29 is 14.8 Å². The second-order valence-electron chi connectivity index (χ2n) is 5.55. The number of rotatable bonds is 8. The molecule has 1 aromatic rings. The van der Waals surface area contributed by atoms with Gasteiger partial charge in [0.15, 0.2) is 0 Å². The molecule has 1 saturated carbocycles. The summed E-state index contributed by atoms with van der Waals surface area (Å²) in [6.45, 7) is 3.03. The molecule has 0 bridgehead atoms. The molecule has 2 rings (SSSR count). The van der Waals surface area contributed by atoms with Crippen LogP contribution in [0, 0.1) is 17.0 Å². The largest absolute Gasteiger partial charge is 0.395 e. The number of aryl methyl sites for hydroxylation is 1. The number of carbonyl (C=O) groups is 1. The van der Waals surface area contributed by atoms with Crippen molar-refractivity contribution >= 4 is 17.3 Å². The molecule has 7 nitrogen and oxygen atoms in total. The van der Waals surface area contributed by atoms with Crippen LogP contribution in [0.3, 0.4) is 0 Å². The van der Waals surface area contributed by atoms with Gasteiger partial charge in [0.05, 0.1) is 11.5 Å². The van der Waals surface area contributed by atoms with Crippen LogP contribution in [0.1, 0.15) is 24.8 Å². The lowest BCUT2D eigenvalue weighted by molar-refractivity contribution is -0.384. The Morgan fingerprint density at radius 3 is 2.73 bits per heavy atom. The van der Waals surface area contributed by atoms with Gasteiger partial charge < -0.3 is 10.4 Å². The summed E-state index contributed by atoms with van der Waals surface area (Å²) in [6, 6.07) is 4.88. The van der Waals surface area contributed by atoms with Crippen molar-refractivity contribution in [2.24, 2.45) is 0 Å². The first-order chi connectivity index (χ1) is 10.5. The standard InChI is InChI=1S/C15H21N3O4/c1-11-10-13(18(21)22)4-5-14(11)16-15(20)6-7-17(8-9-19)12-2-3-12/h4-5,10,12,19H,2-3,6-9H2,1H3,(H,16,20). The zero-order valence-corrected chi connectivity index (χ0v) is 12.6. The highest BCUT2D eigenvalue weighted by Gasteiger charge is 2.28. The van der Waals surface area contributed by atoms with Crippen LogP contribution in [0.25, 0.3) is 0 Å². The smallest absolute Gasteiger partial charge is 0.269 e. The topological polar surface area (TPSA) is 95.7 Å². The number of hydrogen-bond acceptors (Lipinski definition) is 5. The van der Waals surface area contributed by atoms with Crippen molar-refractivity contribution in [1.82, 2.24) is 4.90 Å². The Hall–Kier alpha value is -1.99. The molecule has 120 valence electrons. The first kappa shape index (κ1) is 16.4. The lowest BCUT2D eigenvalue weighted by Crippen LogP contribution is -2.32. The Morgan fingerprint density at radius 2 is 2.18 bits per heavy atom. The van der Waals surface area contributed by atoms with E-state index in [4.69, 9.17) is 5.11 Å². The average molecular weight is 307 g/mol. The molecule has 0 heterocycles. The number of hydrogen-bond donors (Lipinski definition) is 2. The van der Waals surface area contributed by atoms with E-state index in [0.717, 1.165) is 12.8 Å². The molecular formula is C15H21N3O4. The fourth-order valence-corrected chi connectivity index (χ4v) is 2.40. The van der Waals surface area contributed by atoms with E-state index in [1.54, 1.807) is 13.0 Å². The number of nitro groups is 1. The van der Waals surface area contributed by atoms with Crippen molar-refractivity contribution in [2.45, 2.75) is 32.2 Å². The predicted octanol–water partition coefficient (Wildman–Crippen LogP) is 1.69. The van der Waals surface area contributed by atoms with Gasteiger partial charge in [0, 0.05) is 43.4 Å². The summed E-state index contributed by atoms with van der Waals surface area (Å²) in [7, 11) is 0. The number of amides is 1. The lowest BCUT2D eigenvalue weighted by Gasteiger charge is -2.20. The van der Waals surface area contributed by atoms with E-state index in [0.29, 0.717) is 36.8 Å². The number of carbonyl (C=O) groups excluding carboxylic acids is 1. The number of benzene rings is 1. The van der Waals surface area contributed by atoms with Crippen LogP contribution in [0.2, 0.25) is 0 Å². The van der Waals surface area contributed by atoms with E-state index < -0.39 is 4.92 Å². The van der Waals surface area contributed by atoms with Crippen molar-refractivity contribution in [3.8, 4) is 0 Å². The zero-order chi connectivity index (χ0) is 16.1. The maximum atomic E-state index is 12.0. The third-order valence-electron chi connectivity index (χ3n) is 3.77. The molecule has 0 atom stereocenters. The van der Waals surface area contributed by atoms with Gasteiger partial charge in [-0.25, -0.2) is 0 Å². The molecule has 0 radical (unpaired) electrons. The first-order valence-electron chi connectivity index (χ1n) is 7.41. The Labute approximate surface area is 129 Å². The van der Waals surface area contributed by atoms with E-state index in [-0.39, 0.29) is 18.2 Å². The Morgan fingerprint density at radius 1 is 1.45 bits per heavy atom. The van der Waals surface area contributed by atoms with Gasteiger partial charge in [0.2, 0.25) is 5.91 Å². The van der Waals surface area contributed by atoms with Crippen molar-refractivity contribution in [3.05, 3.63) is 33.9 Å². The maximum absolute atomic E-state index is 12.0. The fourth-order valence-electron chi connectivity index (χ4n) is 2.40. The molecule has 0 saturated heterocycles. The number of aliphatic hydroxyl groups excluding tert-OH is 1. The van der Waals surface area contributed by atoms with Crippen LogP contribution in [0.15, 0.2) is 18.2 Å². The SMILES string of the molecule is Cc1cc([N+](=O)[O-])ccc1NC(=O)CCN(CCO)C1CC1. The van der Waals surface area contributed by atoms with Gasteiger partial charge in [-0.05, 0) is 31.4 Å². The minimum Gasteiger partial charge on any atom is -0.395 e. The monoisotopic (exact) mass is 307 g/mol. The normalized spacial score (nSPS) is 14.1. The van der Waals surface area contributed by atoms with Crippen LogP contribution in [-0.2, 0) is 4.79 Å². The molecule has 2 N–H and O–H groups in total. The summed E-state index contributed by atoms with van der Waals surface area (Å²) in [5.74, 6) is -0.124. The molecule has 1 fully saturated rings. The molecule has 7 heteroatoms. The number of nitrogens with one attached hydrogen (secondary N) is 1. The lowest BCUT2D eigenvalue weighted by atomic mass is 10.1. The predicted molar refractivity (Wildman–Crippen MR) is 82.8 cm³/mol. The number of nitrogens with zero attached hydrogens (tertiary/aromatic N) is 2. The van der Waals surface area contributed by atoms with Gasteiger partial charge in [-0.15, -0.1) is 0 Å². The molecular weight excluding hydrogens is 286 g/mol. The number of non-ortho nitro benzene ring substituents is 1. The Balaban J connectivity index is 1.87. The third kappa shape index (κ3) is 4.51. The molecule has 0 aliphatic heterocycles. The van der Waals surface area contributed by atoms with Gasteiger partial charge in [-0.1, -0.05) is 0 Å². The van der Waals surface area contributed by atoms with Crippen LogP contribution in [0.5, 0.6) is 0 Å². The van der Waals surface area contributed by atoms with Crippen LogP contribution < -0.4 is 5.32 Å². The Kier molecular flexibility index (Phi) is 5.46. The quantitative estimate of drug-likeness (QED) is 0.563. The molecule has 0 aromatic heterocycles. The number of anilines is 1. The minimum absolute atomic E-state index is 0.0124. The third-order valence-corrected chi connectivity index (χ3v) is 3.77. The second-order valence-corrected chi connectivity index (χ2v) is 5.55. The van der Waals surface area contributed by atoms with Gasteiger partial charge in [-0.2, -0.15) is 0 Å². The summed E-state index contributed by atoms with van der Waals surface area (Å²) in [4.78, 5) is 24.4.